The van der Waals surface area contributed by atoms with Crippen molar-refractivity contribution in [1.29, 1.82) is 0 Å². The highest BCUT2D eigenvalue weighted by atomic mass is 35.5. The van der Waals surface area contributed by atoms with E-state index in [-0.39, 0.29) is 11.9 Å². The van der Waals surface area contributed by atoms with Crippen molar-refractivity contribution >= 4 is 33.8 Å². The molecule has 0 fully saturated rings. The molecule has 1 atom stereocenters. The highest BCUT2D eigenvalue weighted by Crippen LogP contribution is 2.20. The molecule has 0 bridgehead atoms. The maximum atomic E-state index is 12.2. The summed E-state index contributed by atoms with van der Waals surface area (Å²) < 4.78 is 1.71. The van der Waals surface area contributed by atoms with E-state index in [1.807, 2.05) is 45.3 Å². The molecule has 26 heavy (non-hydrogen) atoms. The molecule has 0 saturated heterocycles. The predicted molar refractivity (Wildman–Crippen MR) is 103 cm³/mol. The van der Waals surface area contributed by atoms with Crippen LogP contribution in [0.3, 0.4) is 0 Å². The number of rotatable bonds is 7. The molecule has 7 nitrogen and oxygen atoms in total. The van der Waals surface area contributed by atoms with Crippen molar-refractivity contribution in [2.24, 2.45) is 0 Å². The molecule has 138 valence electrons. The second kappa shape index (κ2) is 8.11. The van der Waals surface area contributed by atoms with Crippen LogP contribution < -0.4 is 5.32 Å². The van der Waals surface area contributed by atoms with E-state index in [2.05, 4.69) is 25.5 Å². The standard InChI is InChI=1S/C17H21ClN6OS/c1-11-20-21-17-24(11)22-16(26-17)9-8-15(25)19-10-14(23(2)3)12-4-6-13(18)7-5-12/h4-7,14H,8-10H2,1-3H3,(H,19,25). The number of carbonyl (C=O) groups excluding carboxylic acids is 1. The number of hydrogen-bond donors (Lipinski definition) is 1. The minimum absolute atomic E-state index is 0.00787. The van der Waals surface area contributed by atoms with Crippen molar-refractivity contribution in [3.05, 3.63) is 45.7 Å². The van der Waals surface area contributed by atoms with Crippen LogP contribution >= 0.6 is 22.9 Å². The van der Waals surface area contributed by atoms with Gasteiger partial charge >= 0.3 is 0 Å². The normalized spacial score (nSPS) is 12.7. The minimum atomic E-state index is 0.00787. The zero-order valence-corrected chi connectivity index (χ0v) is 16.5. The summed E-state index contributed by atoms with van der Waals surface area (Å²) in [5, 5.41) is 17.0. The largest absolute Gasteiger partial charge is 0.354 e. The molecule has 3 rings (SSSR count). The molecule has 2 aromatic heterocycles. The van der Waals surface area contributed by atoms with Gasteiger partial charge in [-0.2, -0.15) is 9.61 Å². The zero-order chi connectivity index (χ0) is 18.7. The summed E-state index contributed by atoms with van der Waals surface area (Å²) in [7, 11) is 3.99. The van der Waals surface area contributed by atoms with Crippen molar-refractivity contribution < 1.29 is 4.79 Å². The van der Waals surface area contributed by atoms with Gasteiger partial charge in [0.2, 0.25) is 10.9 Å². The first kappa shape index (κ1) is 18.8. The Morgan fingerprint density at radius 1 is 1.31 bits per heavy atom. The highest BCUT2D eigenvalue weighted by Gasteiger charge is 2.16. The van der Waals surface area contributed by atoms with E-state index in [1.54, 1.807) is 4.52 Å². The molecular weight excluding hydrogens is 372 g/mol. The van der Waals surface area contributed by atoms with E-state index in [4.69, 9.17) is 11.6 Å². The molecule has 0 spiro atoms. The molecule has 2 heterocycles. The molecule has 0 aliphatic carbocycles. The first-order chi connectivity index (χ1) is 12.4. The summed E-state index contributed by atoms with van der Waals surface area (Å²) in [6, 6.07) is 7.80. The number of aromatic nitrogens is 4. The van der Waals surface area contributed by atoms with Crippen LogP contribution in [-0.2, 0) is 11.2 Å². The van der Waals surface area contributed by atoms with Gasteiger partial charge in [0, 0.05) is 24.4 Å². The van der Waals surface area contributed by atoms with E-state index in [0.717, 1.165) is 21.4 Å². The molecule has 1 N–H and O–H groups in total. The molecule has 1 unspecified atom stereocenters. The quantitative estimate of drug-likeness (QED) is 0.668. The Kier molecular flexibility index (Phi) is 5.85. The molecule has 0 radical (unpaired) electrons. The maximum absolute atomic E-state index is 12.2. The predicted octanol–water partition coefficient (Wildman–Crippen LogP) is 2.50. The van der Waals surface area contributed by atoms with Gasteiger partial charge in [-0.25, -0.2) is 0 Å². The van der Waals surface area contributed by atoms with Crippen molar-refractivity contribution in [2.45, 2.75) is 25.8 Å². The van der Waals surface area contributed by atoms with Crippen LogP contribution in [0.5, 0.6) is 0 Å². The molecule has 9 heteroatoms. The van der Waals surface area contributed by atoms with Crippen molar-refractivity contribution in [2.75, 3.05) is 20.6 Å². The van der Waals surface area contributed by atoms with Gasteiger partial charge in [-0.1, -0.05) is 35.1 Å². The van der Waals surface area contributed by atoms with E-state index >= 15 is 0 Å². The smallest absolute Gasteiger partial charge is 0.234 e. The van der Waals surface area contributed by atoms with Crippen molar-refractivity contribution in [3.8, 4) is 0 Å². The number of hydrogen-bond acceptors (Lipinski definition) is 6. The Bertz CT molecular complexity index is 888. The molecule has 1 amide bonds. The van der Waals surface area contributed by atoms with Gasteiger partial charge < -0.3 is 10.2 Å². The third kappa shape index (κ3) is 4.38. The average Bonchev–Trinajstić information content (AvgIpc) is 3.16. The fourth-order valence-electron chi connectivity index (χ4n) is 2.66. The van der Waals surface area contributed by atoms with Crippen LogP contribution in [0.1, 0.15) is 28.9 Å². The van der Waals surface area contributed by atoms with Gasteiger partial charge in [-0.3, -0.25) is 4.79 Å². The minimum Gasteiger partial charge on any atom is -0.354 e. The lowest BCUT2D eigenvalue weighted by Crippen LogP contribution is -2.34. The summed E-state index contributed by atoms with van der Waals surface area (Å²) in [5.74, 6) is 0.761. The summed E-state index contributed by atoms with van der Waals surface area (Å²) in [6.45, 7) is 2.39. The number of halogens is 1. The van der Waals surface area contributed by atoms with Crippen LogP contribution in [0.25, 0.3) is 4.96 Å². The second-order valence-corrected chi connectivity index (χ2v) is 7.75. The Morgan fingerprint density at radius 3 is 2.69 bits per heavy atom. The van der Waals surface area contributed by atoms with Crippen LogP contribution in [-0.4, -0.2) is 51.3 Å². The highest BCUT2D eigenvalue weighted by molar-refractivity contribution is 7.16. The maximum Gasteiger partial charge on any atom is 0.234 e. The lowest BCUT2D eigenvalue weighted by molar-refractivity contribution is -0.121. The lowest BCUT2D eigenvalue weighted by atomic mass is 10.1. The fraction of sp³-hybridized carbons (Fsp3) is 0.412. The first-order valence-corrected chi connectivity index (χ1v) is 9.50. The molecule has 0 aliphatic heterocycles. The summed E-state index contributed by atoms with van der Waals surface area (Å²) in [4.78, 5) is 15.1. The molecule has 0 saturated carbocycles. The molecule has 3 aromatic rings. The Hall–Kier alpha value is -2.03. The Labute approximate surface area is 161 Å². The van der Waals surface area contributed by atoms with E-state index < -0.39 is 0 Å². The van der Waals surface area contributed by atoms with E-state index in [0.29, 0.717) is 24.4 Å². The summed E-state index contributed by atoms with van der Waals surface area (Å²) in [6.07, 6.45) is 0.983. The van der Waals surface area contributed by atoms with Crippen LogP contribution in [0.2, 0.25) is 5.02 Å². The van der Waals surface area contributed by atoms with Crippen molar-refractivity contribution in [3.63, 3.8) is 0 Å². The van der Waals surface area contributed by atoms with Crippen LogP contribution in [0, 0.1) is 6.92 Å². The topological polar surface area (TPSA) is 75.4 Å². The number of nitrogens with one attached hydrogen (secondary N) is 1. The second-order valence-electron chi connectivity index (χ2n) is 6.27. The van der Waals surface area contributed by atoms with Crippen molar-refractivity contribution in [1.82, 2.24) is 30.0 Å². The monoisotopic (exact) mass is 392 g/mol. The average molecular weight is 393 g/mol. The number of likely N-dealkylation sites (N-methyl/N-ethyl adjacent to an activating group) is 1. The lowest BCUT2D eigenvalue weighted by Gasteiger charge is -2.25. The first-order valence-electron chi connectivity index (χ1n) is 8.30. The third-order valence-electron chi connectivity index (χ3n) is 4.13. The van der Waals surface area contributed by atoms with Gasteiger partial charge in [0.1, 0.15) is 5.01 Å². The number of carbonyl (C=O) groups is 1. The number of nitrogens with zero attached hydrogens (tertiary/aromatic N) is 5. The summed E-state index contributed by atoms with van der Waals surface area (Å²) >= 11 is 7.42. The van der Waals surface area contributed by atoms with Crippen LogP contribution in [0.4, 0.5) is 0 Å². The Balaban J connectivity index is 1.54. The summed E-state index contributed by atoms with van der Waals surface area (Å²) in [5.41, 5.74) is 1.11. The fourth-order valence-corrected chi connectivity index (χ4v) is 3.66. The third-order valence-corrected chi connectivity index (χ3v) is 5.34. The van der Waals surface area contributed by atoms with E-state index in [1.165, 1.54) is 11.3 Å². The van der Waals surface area contributed by atoms with E-state index in [9.17, 15) is 4.79 Å². The Morgan fingerprint density at radius 2 is 2.04 bits per heavy atom. The van der Waals surface area contributed by atoms with Gasteiger partial charge in [-0.05, 0) is 38.7 Å². The van der Waals surface area contributed by atoms with Gasteiger partial charge in [0.05, 0.1) is 6.04 Å². The molecule has 1 aromatic carbocycles. The number of fused-ring (bicyclic) bond motifs is 1. The number of aryl methyl sites for hydroxylation is 2. The number of benzene rings is 1. The van der Waals surface area contributed by atoms with Crippen LogP contribution in [0.15, 0.2) is 24.3 Å². The van der Waals surface area contributed by atoms with Gasteiger partial charge in [-0.15, -0.1) is 10.2 Å². The molecule has 0 aliphatic rings. The number of amides is 1. The zero-order valence-electron chi connectivity index (χ0n) is 14.9. The molecular formula is C17H21ClN6OS. The van der Waals surface area contributed by atoms with Gasteiger partial charge in [0.15, 0.2) is 5.82 Å². The SMILES string of the molecule is Cc1nnc2sc(CCC(=O)NCC(c3ccc(Cl)cc3)N(C)C)nn12. The van der Waals surface area contributed by atoms with Gasteiger partial charge in [0.25, 0.3) is 0 Å².